The topological polar surface area (TPSA) is 58.2 Å². The number of hydrogen-bond donors (Lipinski definition) is 2. The molecule has 0 aliphatic heterocycles. The average Bonchev–Trinajstić information content (AvgIpc) is 3.16. The van der Waals surface area contributed by atoms with Crippen molar-refractivity contribution in [2.45, 2.75) is 53.0 Å². The van der Waals surface area contributed by atoms with Gasteiger partial charge in [0, 0.05) is 4.88 Å². The molecule has 3 aromatic rings. The van der Waals surface area contributed by atoms with Gasteiger partial charge in [0.25, 0.3) is 11.8 Å². The van der Waals surface area contributed by atoms with Crippen LogP contribution in [0.25, 0.3) is 0 Å². The summed E-state index contributed by atoms with van der Waals surface area (Å²) in [7, 11) is 0. The van der Waals surface area contributed by atoms with Gasteiger partial charge in [-0.3, -0.25) is 9.59 Å². The summed E-state index contributed by atoms with van der Waals surface area (Å²) < 4.78 is 14.2. The number of hydrogen-bond acceptors (Lipinski definition) is 3. The van der Waals surface area contributed by atoms with E-state index >= 15 is 0 Å². The molecule has 1 aliphatic carbocycles. The monoisotopic (exact) mass is 478 g/mol. The number of carbonyl (C=O) groups is 2. The second kappa shape index (κ2) is 9.71. The Bertz CT molecular complexity index is 1200. The van der Waals surface area contributed by atoms with Crippen LogP contribution >= 0.6 is 11.3 Å². The Balaban J connectivity index is 1.67. The first-order valence-corrected chi connectivity index (χ1v) is 12.5. The Morgan fingerprint density at radius 3 is 2.38 bits per heavy atom. The molecule has 1 aliphatic rings. The quantitative estimate of drug-likeness (QED) is 0.425. The van der Waals surface area contributed by atoms with E-state index < -0.39 is 11.7 Å². The van der Waals surface area contributed by atoms with E-state index in [0.717, 1.165) is 35.3 Å². The number of thiophene rings is 1. The highest BCUT2D eigenvalue weighted by molar-refractivity contribution is 7.17. The normalized spacial score (nSPS) is 16.4. The van der Waals surface area contributed by atoms with E-state index in [2.05, 4.69) is 31.4 Å². The molecule has 2 atom stereocenters. The molecule has 6 heteroatoms. The number of halogens is 1. The van der Waals surface area contributed by atoms with Crippen molar-refractivity contribution in [3.05, 3.63) is 87.5 Å². The minimum atomic E-state index is -0.585. The van der Waals surface area contributed by atoms with Gasteiger partial charge in [0.05, 0.1) is 17.2 Å². The number of rotatable bonds is 5. The third kappa shape index (κ3) is 5.07. The van der Waals surface area contributed by atoms with Gasteiger partial charge in [-0.05, 0) is 60.8 Å². The molecule has 34 heavy (non-hydrogen) atoms. The maximum atomic E-state index is 14.2. The summed E-state index contributed by atoms with van der Waals surface area (Å²) in [5.41, 5.74) is 2.64. The van der Waals surface area contributed by atoms with Crippen molar-refractivity contribution in [2.24, 2.45) is 11.3 Å². The van der Waals surface area contributed by atoms with Gasteiger partial charge in [0.1, 0.15) is 10.8 Å². The first-order chi connectivity index (χ1) is 16.1. The molecule has 0 spiro atoms. The van der Waals surface area contributed by atoms with Crippen molar-refractivity contribution >= 4 is 28.2 Å². The number of nitrogens with one attached hydrogen (secondary N) is 2. The van der Waals surface area contributed by atoms with E-state index in [1.54, 1.807) is 12.1 Å². The maximum Gasteiger partial charge on any atom is 0.259 e. The van der Waals surface area contributed by atoms with Crippen LogP contribution in [0.1, 0.15) is 76.9 Å². The maximum absolute atomic E-state index is 14.2. The minimum Gasteiger partial charge on any atom is -0.345 e. The van der Waals surface area contributed by atoms with E-state index in [-0.39, 0.29) is 22.9 Å². The molecule has 0 radical (unpaired) electrons. The highest BCUT2D eigenvalue weighted by atomic mass is 32.1. The Hall–Kier alpha value is -2.99. The lowest BCUT2D eigenvalue weighted by Crippen LogP contribution is -2.30. The predicted octanol–water partition coefficient (Wildman–Crippen LogP) is 6.78. The number of anilines is 1. The van der Waals surface area contributed by atoms with Crippen molar-refractivity contribution in [2.75, 3.05) is 5.32 Å². The van der Waals surface area contributed by atoms with Crippen LogP contribution < -0.4 is 10.6 Å². The van der Waals surface area contributed by atoms with Crippen LogP contribution in [-0.2, 0) is 12.8 Å². The largest absolute Gasteiger partial charge is 0.345 e. The molecule has 178 valence electrons. The molecule has 2 aromatic carbocycles. The zero-order valence-electron chi connectivity index (χ0n) is 20.1. The van der Waals surface area contributed by atoms with E-state index in [4.69, 9.17) is 0 Å². The Morgan fingerprint density at radius 2 is 1.71 bits per heavy atom. The zero-order valence-corrected chi connectivity index (χ0v) is 20.9. The Kier molecular flexibility index (Phi) is 6.89. The SMILES string of the molecule is CC(NC(=O)c1c(NC(=O)c2ccccc2F)sc2c1CCC(C(C)(C)C)C2)c1ccccc1. The summed E-state index contributed by atoms with van der Waals surface area (Å²) in [6, 6.07) is 15.5. The van der Waals surface area contributed by atoms with Crippen molar-refractivity contribution in [3.63, 3.8) is 0 Å². The molecule has 0 fully saturated rings. The molecule has 0 saturated carbocycles. The molecule has 0 bridgehead atoms. The van der Waals surface area contributed by atoms with E-state index in [9.17, 15) is 14.0 Å². The van der Waals surface area contributed by atoms with Gasteiger partial charge in [-0.1, -0.05) is 63.2 Å². The predicted molar refractivity (Wildman–Crippen MR) is 136 cm³/mol. The van der Waals surface area contributed by atoms with Gasteiger partial charge in [-0.2, -0.15) is 0 Å². The number of benzene rings is 2. The summed E-state index contributed by atoms with van der Waals surface area (Å²) >= 11 is 1.45. The van der Waals surface area contributed by atoms with Crippen LogP contribution in [0.5, 0.6) is 0 Å². The van der Waals surface area contributed by atoms with Crippen LogP contribution in [0.2, 0.25) is 0 Å². The van der Waals surface area contributed by atoms with Crippen LogP contribution in [-0.4, -0.2) is 11.8 Å². The zero-order chi connectivity index (χ0) is 24.5. The van der Waals surface area contributed by atoms with Gasteiger partial charge in [-0.25, -0.2) is 4.39 Å². The second-order valence-electron chi connectivity index (χ2n) is 10.1. The molecule has 0 saturated heterocycles. The number of carbonyl (C=O) groups excluding carboxylic acids is 2. The van der Waals surface area contributed by atoms with Crippen molar-refractivity contribution in [1.82, 2.24) is 5.32 Å². The van der Waals surface area contributed by atoms with Crippen molar-refractivity contribution in [3.8, 4) is 0 Å². The van der Waals surface area contributed by atoms with E-state index in [1.807, 2.05) is 37.3 Å². The standard InChI is InChI=1S/C28H31FN2O2S/c1-17(18-10-6-5-7-11-18)30-26(33)24-21-15-14-19(28(2,3)4)16-23(21)34-27(24)31-25(32)20-12-8-9-13-22(20)29/h5-13,17,19H,14-16H2,1-4H3,(H,30,33)(H,31,32). The van der Waals surface area contributed by atoms with Crippen LogP contribution in [0.15, 0.2) is 54.6 Å². The fraction of sp³-hybridized carbons (Fsp3) is 0.357. The lowest BCUT2D eigenvalue weighted by molar-refractivity contribution is 0.0939. The minimum absolute atomic E-state index is 0.0366. The number of amides is 2. The van der Waals surface area contributed by atoms with E-state index in [0.29, 0.717) is 16.5 Å². The molecule has 2 N–H and O–H groups in total. The fourth-order valence-electron chi connectivity index (χ4n) is 4.56. The first-order valence-electron chi connectivity index (χ1n) is 11.7. The van der Waals surface area contributed by atoms with Crippen LogP contribution in [0, 0.1) is 17.2 Å². The van der Waals surface area contributed by atoms with Gasteiger partial charge in [-0.15, -0.1) is 11.3 Å². The third-order valence-electron chi connectivity index (χ3n) is 6.71. The Labute approximate surface area is 204 Å². The first kappa shape index (κ1) is 24.1. The summed E-state index contributed by atoms with van der Waals surface area (Å²) in [5, 5.41) is 6.44. The molecule has 1 aromatic heterocycles. The lowest BCUT2D eigenvalue weighted by Gasteiger charge is -2.34. The van der Waals surface area contributed by atoms with E-state index in [1.165, 1.54) is 23.5 Å². The average molecular weight is 479 g/mol. The van der Waals surface area contributed by atoms with Crippen molar-refractivity contribution < 1.29 is 14.0 Å². The summed E-state index contributed by atoms with van der Waals surface area (Å²) in [6.45, 7) is 8.67. The number of fused-ring (bicyclic) bond motifs is 1. The second-order valence-corrected chi connectivity index (χ2v) is 11.2. The smallest absolute Gasteiger partial charge is 0.259 e. The van der Waals surface area contributed by atoms with Gasteiger partial charge in [0.15, 0.2) is 0 Å². The summed E-state index contributed by atoms with van der Waals surface area (Å²) in [5.74, 6) is -0.855. The molecular weight excluding hydrogens is 447 g/mol. The molecule has 2 unspecified atom stereocenters. The lowest BCUT2D eigenvalue weighted by atomic mass is 9.72. The Morgan fingerprint density at radius 1 is 1.03 bits per heavy atom. The van der Waals surface area contributed by atoms with Gasteiger partial charge >= 0.3 is 0 Å². The van der Waals surface area contributed by atoms with Crippen LogP contribution in [0.3, 0.4) is 0 Å². The highest BCUT2D eigenvalue weighted by Crippen LogP contribution is 2.44. The molecular formula is C28H31FN2O2S. The molecule has 1 heterocycles. The molecule has 4 nitrogen and oxygen atoms in total. The summed E-state index contributed by atoms with van der Waals surface area (Å²) in [6.07, 6.45) is 2.64. The molecule has 2 amide bonds. The molecule has 4 rings (SSSR count). The van der Waals surface area contributed by atoms with Crippen LogP contribution in [0.4, 0.5) is 9.39 Å². The highest BCUT2D eigenvalue weighted by Gasteiger charge is 2.34. The van der Waals surface area contributed by atoms with Crippen molar-refractivity contribution in [1.29, 1.82) is 0 Å². The van der Waals surface area contributed by atoms with Gasteiger partial charge in [0.2, 0.25) is 0 Å². The third-order valence-corrected chi connectivity index (χ3v) is 7.88. The van der Waals surface area contributed by atoms with Gasteiger partial charge < -0.3 is 10.6 Å². The summed E-state index contributed by atoms with van der Waals surface area (Å²) in [4.78, 5) is 27.6. The fourth-order valence-corrected chi connectivity index (χ4v) is 5.88.